The number of amides is 1. The van der Waals surface area contributed by atoms with Crippen LogP contribution >= 0.6 is 0 Å². The number of nitrogens with one attached hydrogen (secondary N) is 1. The van der Waals surface area contributed by atoms with Crippen molar-refractivity contribution >= 4 is 5.91 Å². The average Bonchev–Trinajstić information content (AvgIpc) is 2.02. The first kappa shape index (κ1) is 13.2. The summed E-state index contributed by atoms with van der Waals surface area (Å²) in [6, 6.07) is 0.189. The maximum atomic E-state index is 11.3. The molecule has 1 atom stereocenters. The second-order valence-electron chi connectivity index (χ2n) is 4.59. The Kier molecular flexibility index (Phi) is 4.85. The molecule has 0 heterocycles. The molecule has 0 aliphatic rings. The van der Waals surface area contributed by atoms with E-state index in [1.165, 1.54) is 0 Å². The van der Waals surface area contributed by atoms with E-state index in [0.717, 1.165) is 17.6 Å². The molecule has 0 aliphatic heterocycles. The standard InChI is InChI=1S/C11H22N2O/c1-7-13(5,6)8-10(4)12-11(14)9(2)3/h10H,2,7-8H2,1,3-6H3/p+1. The highest BCUT2D eigenvalue weighted by molar-refractivity contribution is 5.92. The van der Waals surface area contributed by atoms with Crippen molar-refractivity contribution in [3.63, 3.8) is 0 Å². The first-order valence-corrected chi connectivity index (χ1v) is 5.07. The first-order valence-electron chi connectivity index (χ1n) is 5.07. The van der Waals surface area contributed by atoms with E-state index in [4.69, 9.17) is 0 Å². The number of quaternary nitrogens is 1. The minimum atomic E-state index is -0.0476. The molecule has 0 bridgehead atoms. The van der Waals surface area contributed by atoms with Crippen molar-refractivity contribution in [3.05, 3.63) is 12.2 Å². The van der Waals surface area contributed by atoms with E-state index in [0.29, 0.717) is 5.57 Å². The van der Waals surface area contributed by atoms with Gasteiger partial charge >= 0.3 is 0 Å². The van der Waals surface area contributed by atoms with Gasteiger partial charge in [0.25, 0.3) is 0 Å². The largest absolute Gasteiger partial charge is 0.344 e. The van der Waals surface area contributed by atoms with Crippen molar-refractivity contribution in [1.82, 2.24) is 5.32 Å². The van der Waals surface area contributed by atoms with Gasteiger partial charge in [-0.15, -0.1) is 0 Å². The molecular weight excluding hydrogens is 176 g/mol. The molecule has 0 aromatic rings. The lowest BCUT2D eigenvalue weighted by molar-refractivity contribution is -0.889. The van der Waals surface area contributed by atoms with Gasteiger partial charge in [-0.3, -0.25) is 4.79 Å². The molecule has 14 heavy (non-hydrogen) atoms. The Morgan fingerprint density at radius 1 is 1.50 bits per heavy atom. The molecule has 3 nitrogen and oxygen atoms in total. The summed E-state index contributed by atoms with van der Waals surface area (Å²) < 4.78 is 0.914. The molecule has 0 rings (SSSR count). The molecule has 1 unspecified atom stereocenters. The van der Waals surface area contributed by atoms with Gasteiger partial charge in [-0.2, -0.15) is 0 Å². The predicted molar refractivity (Wildman–Crippen MR) is 59.9 cm³/mol. The third kappa shape index (κ3) is 5.02. The zero-order valence-electron chi connectivity index (χ0n) is 10.1. The fourth-order valence-electron chi connectivity index (χ4n) is 1.26. The Morgan fingerprint density at radius 3 is 2.36 bits per heavy atom. The molecule has 0 saturated heterocycles. The lowest BCUT2D eigenvalue weighted by Crippen LogP contribution is -2.49. The van der Waals surface area contributed by atoms with Crippen LogP contribution in [0.2, 0.25) is 0 Å². The summed E-state index contributed by atoms with van der Waals surface area (Å²) in [6.45, 7) is 11.5. The molecule has 0 radical (unpaired) electrons. The van der Waals surface area contributed by atoms with Crippen LogP contribution in [0.5, 0.6) is 0 Å². The molecule has 82 valence electrons. The lowest BCUT2D eigenvalue weighted by atomic mass is 10.2. The van der Waals surface area contributed by atoms with Crippen molar-refractivity contribution in [2.24, 2.45) is 0 Å². The zero-order valence-corrected chi connectivity index (χ0v) is 10.1. The van der Waals surface area contributed by atoms with Gasteiger partial charge in [0.1, 0.15) is 0 Å². The molecule has 1 amide bonds. The van der Waals surface area contributed by atoms with E-state index in [1.54, 1.807) is 6.92 Å². The molecule has 0 aliphatic carbocycles. The maximum Gasteiger partial charge on any atom is 0.246 e. The minimum Gasteiger partial charge on any atom is -0.344 e. The van der Waals surface area contributed by atoms with Crippen molar-refractivity contribution in [1.29, 1.82) is 0 Å². The summed E-state index contributed by atoms with van der Waals surface area (Å²) in [5.41, 5.74) is 0.568. The number of nitrogens with zero attached hydrogens (tertiary/aromatic N) is 1. The number of hydrogen-bond acceptors (Lipinski definition) is 1. The van der Waals surface area contributed by atoms with Gasteiger partial charge in [0.05, 0.1) is 33.2 Å². The highest BCUT2D eigenvalue weighted by atomic mass is 16.1. The quantitative estimate of drug-likeness (QED) is 0.522. The highest BCUT2D eigenvalue weighted by Crippen LogP contribution is 1.99. The fourth-order valence-corrected chi connectivity index (χ4v) is 1.26. The van der Waals surface area contributed by atoms with E-state index in [9.17, 15) is 4.79 Å². The Bertz CT molecular complexity index is 221. The first-order chi connectivity index (χ1) is 6.28. The van der Waals surface area contributed by atoms with Gasteiger partial charge < -0.3 is 9.80 Å². The van der Waals surface area contributed by atoms with Crippen molar-refractivity contribution < 1.29 is 9.28 Å². The van der Waals surface area contributed by atoms with Gasteiger partial charge in [-0.25, -0.2) is 0 Å². The summed E-state index contributed by atoms with van der Waals surface area (Å²) >= 11 is 0. The number of carbonyl (C=O) groups excluding carboxylic acids is 1. The Balaban J connectivity index is 4.05. The molecular formula is C11H23N2O+. The van der Waals surface area contributed by atoms with E-state index in [-0.39, 0.29) is 11.9 Å². The number of likely N-dealkylation sites (N-methyl/N-ethyl adjacent to an activating group) is 1. The van der Waals surface area contributed by atoms with Gasteiger partial charge in [0, 0.05) is 5.57 Å². The summed E-state index contributed by atoms with van der Waals surface area (Å²) in [5, 5.41) is 2.92. The number of rotatable bonds is 5. The third-order valence-corrected chi connectivity index (χ3v) is 2.39. The van der Waals surface area contributed by atoms with Crippen LogP contribution in [0.4, 0.5) is 0 Å². The van der Waals surface area contributed by atoms with E-state index in [2.05, 4.69) is 32.9 Å². The molecule has 0 aromatic carbocycles. The molecule has 0 saturated carbocycles. The zero-order chi connectivity index (χ0) is 11.4. The molecule has 1 N–H and O–H groups in total. The van der Waals surface area contributed by atoms with E-state index >= 15 is 0 Å². The van der Waals surface area contributed by atoms with Crippen molar-refractivity contribution in [2.45, 2.75) is 26.8 Å². The van der Waals surface area contributed by atoms with Crippen LogP contribution in [0.25, 0.3) is 0 Å². The van der Waals surface area contributed by atoms with Crippen LogP contribution in [-0.2, 0) is 4.79 Å². The Labute approximate surface area is 87.4 Å². The van der Waals surface area contributed by atoms with Crippen LogP contribution in [0, 0.1) is 0 Å². The SMILES string of the molecule is C=C(C)C(=O)NC(C)C[N+](C)(C)CC. The average molecular weight is 199 g/mol. The Morgan fingerprint density at radius 2 is 2.00 bits per heavy atom. The minimum absolute atomic E-state index is 0.0476. The van der Waals surface area contributed by atoms with Crippen LogP contribution < -0.4 is 5.32 Å². The molecule has 0 spiro atoms. The van der Waals surface area contributed by atoms with E-state index < -0.39 is 0 Å². The smallest absolute Gasteiger partial charge is 0.246 e. The topological polar surface area (TPSA) is 29.1 Å². The monoisotopic (exact) mass is 199 g/mol. The van der Waals surface area contributed by atoms with Crippen LogP contribution in [0.3, 0.4) is 0 Å². The van der Waals surface area contributed by atoms with Crippen LogP contribution in [0.15, 0.2) is 12.2 Å². The second-order valence-corrected chi connectivity index (χ2v) is 4.59. The predicted octanol–water partition coefficient (Wildman–Crippen LogP) is 1.16. The summed E-state index contributed by atoms with van der Waals surface area (Å²) in [5.74, 6) is -0.0476. The molecule has 3 heteroatoms. The maximum absolute atomic E-state index is 11.3. The Hall–Kier alpha value is -0.830. The fraction of sp³-hybridized carbons (Fsp3) is 0.727. The van der Waals surface area contributed by atoms with Crippen molar-refractivity contribution in [3.8, 4) is 0 Å². The summed E-state index contributed by atoms with van der Waals surface area (Å²) in [4.78, 5) is 11.3. The lowest BCUT2D eigenvalue weighted by Gasteiger charge is -2.31. The van der Waals surface area contributed by atoms with Crippen LogP contribution in [0.1, 0.15) is 20.8 Å². The number of carbonyl (C=O) groups is 1. The van der Waals surface area contributed by atoms with Crippen molar-refractivity contribution in [2.75, 3.05) is 27.2 Å². The van der Waals surface area contributed by atoms with E-state index in [1.807, 2.05) is 6.92 Å². The van der Waals surface area contributed by atoms with Gasteiger partial charge in [0.2, 0.25) is 5.91 Å². The highest BCUT2D eigenvalue weighted by Gasteiger charge is 2.18. The molecule has 0 fully saturated rings. The molecule has 0 aromatic heterocycles. The van der Waals surface area contributed by atoms with Gasteiger partial charge in [0.15, 0.2) is 0 Å². The summed E-state index contributed by atoms with van der Waals surface area (Å²) in [6.07, 6.45) is 0. The number of hydrogen-bond donors (Lipinski definition) is 1. The normalized spacial score (nSPS) is 13.5. The second kappa shape index (κ2) is 5.15. The van der Waals surface area contributed by atoms with Crippen LogP contribution in [-0.4, -0.2) is 43.6 Å². The van der Waals surface area contributed by atoms with Gasteiger partial charge in [-0.1, -0.05) is 6.58 Å². The van der Waals surface area contributed by atoms with Gasteiger partial charge in [-0.05, 0) is 20.8 Å². The third-order valence-electron chi connectivity index (χ3n) is 2.39. The summed E-state index contributed by atoms with van der Waals surface area (Å²) in [7, 11) is 4.31.